The maximum absolute atomic E-state index is 5.39. The molecule has 27 heavy (non-hydrogen) atoms. The van der Waals surface area contributed by atoms with Crippen LogP contribution in [0.25, 0.3) is 0 Å². The van der Waals surface area contributed by atoms with Crippen LogP contribution in [0.3, 0.4) is 0 Å². The van der Waals surface area contributed by atoms with Crippen molar-refractivity contribution < 1.29 is 0 Å². The van der Waals surface area contributed by atoms with Crippen molar-refractivity contribution in [2.75, 3.05) is 36.0 Å². The molecule has 0 N–H and O–H groups in total. The lowest BCUT2D eigenvalue weighted by Crippen LogP contribution is -2.34. The van der Waals surface area contributed by atoms with Crippen molar-refractivity contribution in [3.63, 3.8) is 0 Å². The highest BCUT2D eigenvalue weighted by Crippen LogP contribution is 2.59. The van der Waals surface area contributed by atoms with Crippen molar-refractivity contribution >= 4 is 19.5 Å². The normalized spacial score (nSPS) is 23.6. The van der Waals surface area contributed by atoms with Crippen molar-refractivity contribution in [1.82, 2.24) is 9.49 Å². The van der Waals surface area contributed by atoms with Gasteiger partial charge in [-0.3, -0.25) is 0 Å². The molecule has 0 amide bonds. The number of nitrogens with zero attached hydrogens (tertiary/aromatic N) is 4. The van der Waals surface area contributed by atoms with E-state index in [-0.39, 0.29) is 5.16 Å². The molecule has 0 saturated carbocycles. The van der Waals surface area contributed by atoms with E-state index in [2.05, 4.69) is 44.4 Å². The molecule has 1 aromatic heterocycles. The van der Waals surface area contributed by atoms with E-state index >= 15 is 0 Å². The summed E-state index contributed by atoms with van der Waals surface area (Å²) in [6.07, 6.45) is 7.87. The van der Waals surface area contributed by atoms with Gasteiger partial charge >= 0.3 is 0 Å². The number of anilines is 2. The minimum Gasteiger partial charge on any atom is -0.353 e. The first-order chi connectivity index (χ1) is 12.9. The third-order valence-corrected chi connectivity index (χ3v) is 9.67. The average Bonchev–Trinajstić information content (AvgIpc) is 3.23. The van der Waals surface area contributed by atoms with E-state index in [4.69, 9.17) is 9.49 Å². The van der Waals surface area contributed by atoms with Crippen LogP contribution in [0.2, 0.25) is 0 Å². The van der Waals surface area contributed by atoms with Crippen molar-refractivity contribution in [3.05, 3.63) is 22.3 Å². The van der Waals surface area contributed by atoms with Gasteiger partial charge in [-0.25, -0.2) is 0 Å². The number of hydrogen-bond acceptors (Lipinski definition) is 4. The molecule has 0 aromatic carbocycles. The van der Waals surface area contributed by atoms with Crippen LogP contribution in [-0.4, -0.2) is 35.7 Å². The maximum Gasteiger partial charge on any atom is 0.177 e. The molecular weight excluding hydrogens is 351 g/mol. The Labute approximate surface area is 165 Å². The highest BCUT2D eigenvalue weighted by atomic mass is 31.1. The Morgan fingerprint density at radius 1 is 0.667 bits per heavy atom. The lowest BCUT2D eigenvalue weighted by atomic mass is 9.98. The van der Waals surface area contributed by atoms with Crippen LogP contribution >= 0.6 is 7.85 Å². The largest absolute Gasteiger partial charge is 0.353 e. The van der Waals surface area contributed by atoms with Gasteiger partial charge in [0, 0.05) is 26.2 Å². The predicted octanol–water partition coefficient (Wildman–Crippen LogP) is 5.85. The van der Waals surface area contributed by atoms with Crippen molar-refractivity contribution in [3.8, 4) is 0 Å². The van der Waals surface area contributed by atoms with E-state index in [0.717, 1.165) is 26.2 Å². The zero-order valence-electron chi connectivity index (χ0n) is 17.8. The topological polar surface area (TPSA) is 32.3 Å². The second-order valence-corrected chi connectivity index (χ2v) is 10.7. The summed E-state index contributed by atoms with van der Waals surface area (Å²) >= 11 is 0. The van der Waals surface area contributed by atoms with E-state index in [1.54, 1.807) is 0 Å². The Balaban J connectivity index is 1.79. The fourth-order valence-electron chi connectivity index (χ4n) is 4.99. The quantitative estimate of drug-likeness (QED) is 0.653. The van der Waals surface area contributed by atoms with Crippen LogP contribution in [0.15, 0.2) is 22.3 Å². The first-order valence-corrected chi connectivity index (χ1v) is 12.0. The molecule has 0 bridgehead atoms. The molecule has 3 aliphatic rings. The first kappa shape index (κ1) is 19.1. The molecular formula is C22H35N4P. The molecule has 4 nitrogen and oxygen atoms in total. The number of hydrogen-bond donors (Lipinski definition) is 0. The van der Waals surface area contributed by atoms with Crippen LogP contribution in [0.4, 0.5) is 11.6 Å². The van der Waals surface area contributed by atoms with E-state index in [1.807, 2.05) is 0 Å². The lowest BCUT2D eigenvalue weighted by Gasteiger charge is -2.32. The highest BCUT2D eigenvalue weighted by Gasteiger charge is 2.42. The first-order valence-electron chi connectivity index (χ1n) is 10.8. The summed E-state index contributed by atoms with van der Waals surface area (Å²) in [7, 11) is -0.812. The third kappa shape index (κ3) is 3.05. The van der Waals surface area contributed by atoms with Gasteiger partial charge in [-0.2, -0.15) is 9.49 Å². The van der Waals surface area contributed by atoms with Gasteiger partial charge in [-0.1, -0.05) is 0 Å². The fourth-order valence-corrected chi connectivity index (χ4v) is 7.16. The van der Waals surface area contributed by atoms with E-state index in [0.29, 0.717) is 0 Å². The summed E-state index contributed by atoms with van der Waals surface area (Å²) in [6.45, 7) is 16.1. The Morgan fingerprint density at radius 3 is 1.41 bits per heavy atom. The second-order valence-electron chi connectivity index (χ2n) is 8.80. The van der Waals surface area contributed by atoms with Crippen molar-refractivity contribution in [2.45, 2.75) is 78.3 Å². The number of rotatable bonds is 3. The Hall–Kier alpha value is -1.28. The molecule has 0 unspecified atom stereocenters. The van der Waals surface area contributed by atoms with Crippen LogP contribution in [0.5, 0.6) is 0 Å². The van der Waals surface area contributed by atoms with Gasteiger partial charge in [0.05, 0.1) is 13.0 Å². The van der Waals surface area contributed by atoms with Crippen LogP contribution in [0, 0.1) is 0 Å². The molecule has 5 heteroatoms. The van der Waals surface area contributed by atoms with Gasteiger partial charge < -0.3 is 9.80 Å². The maximum atomic E-state index is 5.39. The van der Waals surface area contributed by atoms with Gasteiger partial charge in [-0.05, 0) is 95.4 Å². The minimum atomic E-state index is -0.812. The van der Waals surface area contributed by atoms with Crippen LogP contribution in [0.1, 0.15) is 73.1 Å². The molecule has 0 spiro atoms. The summed E-state index contributed by atoms with van der Waals surface area (Å²) in [5.74, 6) is 2.43. The summed E-state index contributed by atoms with van der Waals surface area (Å²) < 4.78 is 10.8. The van der Waals surface area contributed by atoms with Gasteiger partial charge in [0.15, 0.2) is 11.6 Å². The molecule has 4 rings (SSSR count). The van der Waals surface area contributed by atoms with E-state index in [9.17, 15) is 0 Å². The Bertz CT molecular complexity index is 717. The van der Waals surface area contributed by atoms with Crippen molar-refractivity contribution in [2.24, 2.45) is 0 Å². The van der Waals surface area contributed by atoms with E-state index < -0.39 is 7.85 Å². The molecule has 0 atom stereocenters. The van der Waals surface area contributed by atoms with Gasteiger partial charge in [0.25, 0.3) is 0 Å². The standard InChI is InChI=1S/C22H35N4P/c1-16-17(2)19(4)22(5,18(16)3)27-23-20(25-12-8-6-9-13-25)21(24-27)26-14-10-7-11-15-26/h6-15H2,1-5H3. The summed E-state index contributed by atoms with van der Waals surface area (Å²) in [5.41, 5.74) is 5.87. The molecule has 3 heterocycles. The summed E-state index contributed by atoms with van der Waals surface area (Å²) in [5, 5.41) is -0.0118. The van der Waals surface area contributed by atoms with Gasteiger partial charge in [-0.15, -0.1) is 0 Å². The second kappa shape index (κ2) is 7.28. The van der Waals surface area contributed by atoms with Crippen LogP contribution in [-0.2, 0) is 5.16 Å². The summed E-state index contributed by atoms with van der Waals surface area (Å²) in [6, 6.07) is 0. The van der Waals surface area contributed by atoms with Crippen LogP contribution < -0.4 is 9.80 Å². The molecule has 2 fully saturated rings. The number of piperidine rings is 2. The summed E-state index contributed by atoms with van der Waals surface area (Å²) in [4.78, 5) is 5.07. The minimum absolute atomic E-state index is 0.0118. The molecule has 0 radical (unpaired) electrons. The van der Waals surface area contributed by atoms with Crippen molar-refractivity contribution in [1.29, 1.82) is 0 Å². The molecule has 148 valence electrons. The Kier molecular flexibility index (Phi) is 5.14. The van der Waals surface area contributed by atoms with Gasteiger partial charge in [0.1, 0.15) is 0 Å². The SMILES string of the molecule is CC1=C(C)C(C)(p2nc(N3CCCCC3)c(N3CCCCC3)n2)C(C)=C1C. The zero-order valence-corrected chi connectivity index (χ0v) is 18.7. The van der Waals surface area contributed by atoms with E-state index in [1.165, 1.54) is 72.5 Å². The molecule has 2 aliphatic heterocycles. The molecule has 2 saturated heterocycles. The third-order valence-electron chi connectivity index (χ3n) is 7.44. The average molecular weight is 387 g/mol. The zero-order chi connectivity index (χ0) is 19.2. The predicted molar refractivity (Wildman–Crippen MR) is 117 cm³/mol. The number of allylic oxidation sites excluding steroid dienone is 4. The molecule has 1 aromatic rings. The number of aromatic nitrogens is 2. The Morgan fingerprint density at radius 2 is 1.04 bits per heavy atom. The smallest absolute Gasteiger partial charge is 0.177 e. The molecule has 1 aliphatic carbocycles. The monoisotopic (exact) mass is 386 g/mol. The lowest BCUT2D eigenvalue weighted by molar-refractivity contribution is 0.561. The fraction of sp³-hybridized carbons (Fsp3) is 0.727. The van der Waals surface area contributed by atoms with Gasteiger partial charge in [0.2, 0.25) is 0 Å². The highest BCUT2D eigenvalue weighted by molar-refractivity contribution is 7.44.